The number of imidazole rings is 1. The summed E-state index contributed by atoms with van der Waals surface area (Å²) in [5, 5.41) is 13.2. The van der Waals surface area contributed by atoms with Gasteiger partial charge in [-0.05, 0) is 39.2 Å². The predicted octanol–water partition coefficient (Wildman–Crippen LogP) is 1.43. The minimum absolute atomic E-state index is 0.303. The molecule has 19 heavy (non-hydrogen) atoms. The summed E-state index contributed by atoms with van der Waals surface area (Å²) in [7, 11) is 3.80. The normalized spacial score (nSPS) is 14.8. The van der Waals surface area contributed by atoms with E-state index in [9.17, 15) is 9.50 Å². The molecule has 1 atom stereocenters. The predicted molar refractivity (Wildman–Crippen MR) is 73.7 cm³/mol. The van der Waals surface area contributed by atoms with E-state index in [0.717, 1.165) is 0 Å². The molecule has 0 bridgehead atoms. The number of hydrogen-bond acceptors (Lipinski definition) is 4. The first kappa shape index (κ1) is 13.8. The maximum atomic E-state index is 13.1. The minimum Gasteiger partial charge on any atom is -0.387 e. The van der Waals surface area contributed by atoms with Gasteiger partial charge in [-0.1, -0.05) is 0 Å². The van der Waals surface area contributed by atoms with Crippen LogP contribution in [0.4, 0.5) is 10.3 Å². The third kappa shape index (κ3) is 3.65. The molecule has 0 fully saturated rings. The molecular formula is C13H19FN4O. The molecule has 1 heterocycles. The first-order valence-electron chi connectivity index (χ1n) is 6.12. The maximum absolute atomic E-state index is 13.1. The molecular weight excluding hydrogens is 247 g/mol. The van der Waals surface area contributed by atoms with Crippen LogP contribution in [0.2, 0.25) is 0 Å². The van der Waals surface area contributed by atoms with Crippen LogP contribution in [0.15, 0.2) is 18.2 Å². The number of halogens is 1. The minimum atomic E-state index is -0.867. The number of nitrogens with zero attached hydrogens (tertiary/aromatic N) is 2. The third-order valence-corrected chi connectivity index (χ3v) is 2.74. The third-order valence-electron chi connectivity index (χ3n) is 2.74. The van der Waals surface area contributed by atoms with E-state index in [0.29, 0.717) is 30.1 Å². The van der Waals surface area contributed by atoms with Gasteiger partial charge in [0.05, 0.1) is 16.6 Å². The molecule has 0 aliphatic rings. The van der Waals surface area contributed by atoms with Crippen LogP contribution in [0.1, 0.15) is 6.92 Å². The SMILES string of the molecule is CN(C)CC(C)(O)CNc1nc2ccc(F)cc2[nH]1. The lowest BCUT2D eigenvalue weighted by atomic mass is 10.1. The van der Waals surface area contributed by atoms with Gasteiger partial charge in [0.15, 0.2) is 0 Å². The van der Waals surface area contributed by atoms with E-state index in [1.807, 2.05) is 19.0 Å². The number of anilines is 1. The van der Waals surface area contributed by atoms with Crippen molar-refractivity contribution in [2.24, 2.45) is 0 Å². The molecule has 1 unspecified atom stereocenters. The summed E-state index contributed by atoms with van der Waals surface area (Å²) in [6.45, 7) is 2.64. The highest BCUT2D eigenvalue weighted by molar-refractivity contribution is 5.77. The first-order chi connectivity index (χ1) is 8.85. The van der Waals surface area contributed by atoms with Crippen LogP contribution in [0.5, 0.6) is 0 Å². The molecule has 0 aliphatic heterocycles. The van der Waals surface area contributed by atoms with Gasteiger partial charge in [-0.15, -0.1) is 0 Å². The lowest BCUT2D eigenvalue weighted by Crippen LogP contribution is -2.43. The Morgan fingerprint density at radius 2 is 2.21 bits per heavy atom. The molecule has 0 radical (unpaired) electrons. The average molecular weight is 266 g/mol. The second-order valence-corrected chi connectivity index (χ2v) is 5.34. The zero-order chi connectivity index (χ0) is 14.0. The van der Waals surface area contributed by atoms with Gasteiger partial charge in [-0.3, -0.25) is 0 Å². The fourth-order valence-electron chi connectivity index (χ4n) is 2.08. The molecule has 2 aromatic rings. The number of rotatable bonds is 5. The summed E-state index contributed by atoms with van der Waals surface area (Å²) in [6, 6.07) is 4.38. The van der Waals surface area contributed by atoms with E-state index in [2.05, 4.69) is 15.3 Å². The quantitative estimate of drug-likeness (QED) is 0.766. The second kappa shape index (κ2) is 5.14. The highest BCUT2D eigenvalue weighted by Gasteiger charge is 2.21. The second-order valence-electron chi connectivity index (χ2n) is 5.34. The van der Waals surface area contributed by atoms with E-state index >= 15 is 0 Å². The first-order valence-corrected chi connectivity index (χ1v) is 6.12. The fourth-order valence-corrected chi connectivity index (χ4v) is 2.08. The summed E-state index contributed by atoms with van der Waals surface area (Å²) in [4.78, 5) is 9.17. The van der Waals surface area contributed by atoms with E-state index in [1.54, 1.807) is 13.0 Å². The summed E-state index contributed by atoms with van der Waals surface area (Å²) in [6.07, 6.45) is 0. The van der Waals surface area contributed by atoms with Crippen LogP contribution in [0.25, 0.3) is 11.0 Å². The monoisotopic (exact) mass is 266 g/mol. The zero-order valence-corrected chi connectivity index (χ0v) is 11.4. The van der Waals surface area contributed by atoms with Crippen LogP contribution in [0, 0.1) is 5.82 Å². The van der Waals surface area contributed by atoms with Crippen LogP contribution >= 0.6 is 0 Å². The highest BCUT2D eigenvalue weighted by Crippen LogP contribution is 2.16. The van der Waals surface area contributed by atoms with Crippen molar-refractivity contribution in [3.05, 3.63) is 24.0 Å². The van der Waals surface area contributed by atoms with E-state index in [4.69, 9.17) is 0 Å². The number of hydrogen-bond donors (Lipinski definition) is 3. The zero-order valence-electron chi connectivity index (χ0n) is 11.4. The van der Waals surface area contributed by atoms with Crippen molar-refractivity contribution in [2.75, 3.05) is 32.5 Å². The van der Waals surface area contributed by atoms with Crippen LogP contribution in [0.3, 0.4) is 0 Å². The van der Waals surface area contributed by atoms with Gasteiger partial charge in [0.1, 0.15) is 5.82 Å². The Kier molecular flexibility index (Phi) is 3.73. The number of aromatic amines is 1. The molecule has 0 saturated carbocycles. The van der Waals surface area contributed by atoms with E-state index in [-0.39, 0.29) is 5.82 Å². The van der Waals surface area contributed by atoms with Gasteiger partial charge in [-0.25, -0.2) is 9.37 Å². The van der Waals surface area contributed by atoms with Crippen molar-refractivity contribution in [2.45, 2.75) is 12.5 Å². The number of aliphatic hydroxyl groups is 1. The molecule has 0 spiro atoms. The average Bonchev–Trinajstić information content (AvgIpc) is 2.66. The summed E-state index contributed by atoms with van der Waals surface area (Å²) in [5.74, 6) is 0.224. The molecule has 6 heteroatoms. The Morgan fingerprint density at radius 1 is 1.47 bits per heavy atom. The van der Waals surface area contributed by atoms with Gasteiger partial charge >= 0.3 is 0 Å². The lowest BCUT2D eigenvalue weighted by Gasteiger charge is -2.26. The van der Waals surface area contributed by atoms with Gasteiger partial charge in [0, 0.05) is 13.1 Å². The molecule has 5 nitrogen and oxygen atoms in total. The van der Waals surface area contributed by atoms with Crippen LogP contribution in [-0.2, 0) is 0 Å². The molecule has 2 rings (SSSR count). The number of nitrogens with one attached hydrogen (secondary N) is 2. The maximum Gasteiger partial charge on any atom is 0.201 e. The van der Waals surface area contributed by atoms with Gasteiger partial charge in [0.25, 0.3) is 0 Å². The van der Waals surface area contributed by atoms with Crippen LogP contribution in [-0.4, -0.2) is 52.8 Å². The number of aromatic nitrogens is 2. The molecule has 1 aromatic carbocycles. The van der Waals surface area contributed by atoms with Crippen molar-refractivity contribution in [1.29, 1.82) is 0 Å². The van der Waals surface area contributed by atoms with Gasteiger partial charge in [-0.2, -0.15) is 0 Å². The molecule has 0 amide bonds. The Morgan fingerprint density at radius 3 is 2.89 bits per heavy atom. The number of fused-ring (bicyclic) bond motifs is 1. The summed E-state index contributed by atoms with van der Waals surface area (Å²) in [5.41, 5.74) is 0.458. The molecule has 0 aliphatic carbocycles. The molecule has 3 N–H and O–H groups in total. The topological polar surface area (TPSA) is 64.2 Å². The van der Waals surface area contributed by atoms with E-state index < -0.39 is 5.60 Å². The Balaban J connectivity index is 2.05. The summed E-state index contributed by atoms with van der Waals surface area (Å²) < 4.78 is 13.1. The number of H-pyrrole nitrogens is 1. The number of benzene rings is 1. The van der Waals surface area contributed by atoms with Gasteiger partial charge < -0.3 is 20.3 Å². The molecule has 1 aromatic heterocycles. The Hall–Kier alpha value is -1.66. The fraction of sp³-hybridized carbons (Fsp3) is 0.462. The smallest absolute Gasteiger partial charge is 0.201 e. The molecule has 0 saturated heterocycles. The van der Waals surface area contributed by atoms with Crippen molar-refractivity contribution in [1.82, 2.24) is 14.9 Å². The largest absolute Gasteiger partial charge is 0.387 e. The van der Waals surface area contributed by atoms with Crippen molar-refractivity contribution in [3.8, 4) is 0 Å². The number of likely N-dealkylation sites (N-methyl/N-ethyl adjacent to an activating group) is 1. The Bertz CT molecular complexity index is 565. The van der Waals surface area contributed by atoms with Crippen LogP contribution < -0.4 is 5.32 Å². The lowest BCUT2D eigenvalue weighted by molar-refractivity contribution is 0.0458. The highest BCUT2D eigenvalue weighted by atomic mass is 19.1. The van der Waals surface area contributed by atoms with E-state index in [1.165, 1.54) is 12.1 Å². The van der Waals surface area contributed by atoms with Crippen molar-refractivity contribution < 1.29 is 9.50 Å². The summed E-state index contributed by atoms with van der Waals surface area (Å²) >= 11 is 0. The molecule has 104 valence electrons. The standard InChI is InChI=1S/C13H19FN4O/c1-13(19,8-18(2)3)7-15-12-16-10-5-4-9(14)6-11(10)17-12/h4-6,19H,7-8H2,1-3H3,(H2,15,16,17). The Labute approximate surface area is 111 Å². The van der Waals surface area contributed by atoms with Gasteiger partial charge in [0.2, 0.25) is 5.95 Å². The van der Waals surface area contributed by atoms with Crippen molar-refractivity contribution in [3.63, 3.8) is 0 Å². The van der Waals surface area contributed by atoms with Crippen molar-refractivity contribution >= 4 is 17.0 Å².